The largest absolute Gasteiger partial charge is 0.399 e. The first-order chi connectivity index (χ1) is 8.28. The first kappa shape index (κ1) is 11.6. The van der Waals surface area contributed by atoms with Gasteiger partial charge in [-0.2, -0.15) is 4.98 Å². The van der Waals surface area contributed by atoms with Crippen molar-refractivity contribution in [2.24, 2.45) is 0 Å². The van der Waals surface area contributed by atoms with Gasteiger partial charge in [0.25, 0.3) is 0 Å². The highest BCUT2D eigenvalue weighted by molar-refractivity contribution is 5.39. The highest BCUT2D eigenvalue weighted by Gasteiger charge is 2.05. The second-order valence-electron chi connectivity index (χ2n) is 3.78. The Morgan fingerprint density at radius 2 is 2.00 bits per heavy atom. The fraction of sp³-hybridized carbons (Fsp3) is 0.333. The van der Waals surface area contributed by atoms with E-state index in [0.717, 1.165) is 18.5 Å². The average Bonchev–Trinajstić information content (AvgIpc) is 2.77. The summed E-state index contributed by atoms with van der Waals surface area (Å²) in [4.78, 5) is 4.21. The van der Waals surface area contributed by atoms with Crippen LogP contribution in [-0.4, -0.2) is 17.3 Å². The van der Waals surface area contributed by atoms with Gasteiger partial charge in [0.15, 0.2) is 5.82 Å². The van der Waals surface area contributed by atoms with Crippen LogP contribution in [0, 0.1) is 0 Å². The molecule has 0 fully saturated rings. The molecule has 5 nitrogen and oxygen atoms in total. The number of hydrogen-bond acceptors (Lipinski definition) is 5. The van der Waals surface area contributed by atoms with Gasteiger partial charge in [0.1, 0.15) is 6.61 Å². The van der Waals surface area contributed by atoms with E-state index in [9.17, 15) is 0 Å². The van der Waals surface area contributed by atoms with Crippen LogP contribution >= 0.6 is 0 Å². The monoisotopic (exact) mass is 233 g/mol. The second-order valence-corrected chi connectivity index (χ2v) is 3.78. The van der Waals surface area contributed by atoms with Crippen molar-refractivity contribution in [3.05, 3.63) is 41.5 Å². The minimum absolute atomic E-state index is 0.380. The van der Waals surface area contributed by atoms with Crippen LogP contribution in [-0.2, 0) is 24.2 Å². The molecule has 0 unspecified atom stereocenters. The molecule has 0 amide bonds. The van der Waals surface area contributed by atoms with E-state index < -0.39 is 0 Å². The van der Waals surface area contributed by atoms with Crippen molar-refractivity contribution in [2.75, 3.05) is 12.8 Å². The van der Waals surface area contributed by atoms with Crippen molar-refractivity contribution in [2.45, 2.75) is 19.4 Å². The first-order valence-electron chi connectivity index (χ1n) is 5.43. The van der Waals surface area contributed by atoms with Crippen LogP contribution in [0.15, 0.2) is 28.8 Å². The number of nitrogen functional groups attached to an aromatic ring is 1. The predicted octanol–water partition coefficient (Wildman–Crippen LogP) is 1.58. The van der Waals surface area contributed by atoms with Crippen LogP contribution in [0.1, 0.15) is 17.3 Å². The number of aromatic nitrogens is 2. The molecule has 2 rings (SSSR count). The van der Waals surface area contributed by atoms with Gasteiger partial charge in [0.05, 0.1) is 0 Å². The number of benzene rings is 1. The Bertz CT molecular complexity index is 465. The Morgan fingerprint density at radius 3 is 2.71 bits per heavy atom. The fourth-order valence-corrected chi connectivity index (χ4v) is 1.51. The van der Waals surface area contributed by atoms with Crippen LogP contribution in [0.25, 0.3) is 0 Å². The molecule has 0 aliphatic carbocycles. The zero-order valence-corrected chi connectivity index (χ0v) is 9.72. The number of anilines is 1. The lowest BCUT2D eigenvalue weighted by Gasteiger charge is -1.98. The van der Waals surface area contributed by atoms with Crippen molar-refractivity contribution in [1.29, 1.82) is 0 Å². The van der Waals surface area contributed by atoms with Gasteiger partial charge in [-0.25, -0.2) is 0 Å². The van der Waals surface area contributed by atoms with E-state index in [4.69, 9.17) is 15.0 Å². The van der Waals surface area contributed by atoms with Crippen molar-refractivity contribution < 1.29 is 9.26 Å². The number of methoxy groups -OCH3 is 1. The van der Waals surface area contributed by atoms with Gasteiger partial charge >= 0.3 is 0 Å². The maximum absolute atomic E-state index is 5.62. The molecule has 1 aromatic heterocycles. The Kier molecular flexibility index (Phi) is 3.72. The van der Waals surface area contributed by atoms with Crippen molar-refractivity contribution >= 4 is 5.69 Å². The van der Waals surface area contributed by atoms with Gasteiger partial charge in [-0.1, -0.05) is 17.3 Å². The van der Waals surface area contributed by atoms with Crippen LogP contribution in [0.2, 0.25) is 0 Å². The molecule has 0 spiro atoms. The van der Waals surface area contributed by atoms with Gasteiger partial charge in [-0.15, -0.1) is 0 Å². The maximum atomic E-state index is 5.62. The molecule has 0 bridgehead atoms. The smallest absolute Gasteiger partial charge is 0.227 e. The minimum Gasteiger partial charge on any atom is -0.399 e. The second kappa shape index (κ2) is 5.45. The SMILES string of the molecule is COCc1noc(CCc2ccc(N)cc2)n1. The maximum Gasteiger partial charge on any atom is 0.227 e. The molecular formula is C12H15N3O2. The molecule has 0 aliphatic rings. The third kappa shape index (κ3) is 3.29. The first-order valence-corrected chi connectivity index (χ1v) is 5.43. The molecule has 5 heteroatoms. The lowest BCUT2D eigenvalue weighted by atomic mass is 10.1. The number of rotatable bonds is 5. The third-order valence-electron chi connectivity index (χ3n) is 2.39. The standard InChI is InChI=1S/C12H15N3O2/c1-16-8-11-14-12(17-15-11)7-4-9-2-5-10(13)6-3-9/h2-3,5-6H,4,7-8,13H2,1H3. The number of hydrogen-bond donors (Lipinski definition) is 1. The molecule has 1 heterocycles. The summed E-state index contributed by atoms with van der Waals surface area (Å²) < 4.78 is 10.0. The molecule has 2 aromatic rings. The number of nitrogens with two attached hydrogens (primary N) is 1. The molecule has 17 heavy (non-hydrogen) atoms. The molecule has 0 saturated carbocycles. The van der Waals surface area contributed by atoms with E-state index in [1.54, 1.807) is 7.11 Å². The van der Waals surface area contributed by atoms with Gasteiger partial charge < -0.3 is 15.0 Å². The van der Waals surface area contributed by atoms with E-state index in [1.165, 1.54) is 5.56 Å². The van der Waals surface area contributed by atoms with Crippen molar-refractivity contribution in [1.82, 2.24) is 10.1 Å². The highest BCUT2D eigenvalue weighted by Crippen LogP contribution is 2.09. The van der Waals surface area contributed by atoms with Gasteiger partial charge in [0, 0.05) is 19.2 Å². The minimum atomic E-state index is 0.380. The van der Waals surface area contributed by atoms with E-state index in [1.807, 2.05) is 24.3 Å². The van der Waals surface area contributed by atoms with Crippen molar-refractivity contribution in [3.63, 3.8) is 0 Å². The molecule has 0 atom stereocenters. The Labute approximate surface area is 99.6 Å². The summed E-state index contributed by atoms with van der Waals surface area (Å²) >= 11 is 0. The third-order valence-corrected chi connectivity index (χ3v) is 2.39. The van der Waals surface area contributed by atoms with Crippen LogP contribution < -0.4 is 5.73 Å². The number of aryl methyl sites for hydroxylation is 2. The average molecular weight is 233 g/mol. The molecule has 2 N–H and O–H groups in total. The summed E-state index contributed by atoms with van der Waals surface area (Å²) in [7, 11) is 1.60. The van der Waals surface area contributed by atoms with E-state index in [0.29, 0.717) is 18.3 Å². The Balaban J connectivity index is 1.90. The van der Waals surface area contributed by atoms with Crippen LogP contribution in [0.3, 0.4) is 0 Å². The summed E-state index contributed by atoms with van der Waals surface area (Å²) in [6.45, 7) is 0.380. The predicted molar refractivity (Wildman–Crippen MR) is 63.3 cm³/mol. The fourth-order valence-electron chi connectivity index (χ4n) is 1.51. The summed E-state index contributed by atoms with van der Waals surface area (Å²) in [5.74, 6) is 1.22. The molecule has 1 aromatic carbocycles. The summed E-state index contributed by atoms with van der Waals surface area (Å²) in [5, 5.41) is 3.80. The van der Waals surface area contributed by atoms with Gasteiger partial charge in [-0.3, -0.25) is 0 Å². The zero-order valence-electron chi connectivity index (χ0n) is 9.72. The molecule has 0 aliphatic heterocycles. The normalized spacial score (nSPS) is 10.6. The lowest BCUT2D eigenvalue weighted by molar-refractivity contribution is 0.174. The zero-order chi connectivity index (χ0) is 12.1. The molecule has 0 radical (unpaired) electrons. The van der Waals surface area contributed by atoms with Crippen LogP contribution in [0.5, 0.6) is 0 Å². The Hall–Kier alpha value is -1.88. The van der Waals surface area contributed by atoms with E-state index >= 15 is 0 Å². The molecule has 90 valence electrons. The van der Waals surface area contributed by atoms with E-state index in [2.05, 4.69) is 10.1 Å². The van der Waals surface area contributed by atoms with Gasteiger partial charge in [0.2, 0.25) is 5.89 Å². The topological polar surface area (TPSA) is 74.2 Å². The van der Waals surface area contributed by atoms with Crippen molar-refractivity contribution in [3.8, 4) is 0 Å². The van der Waals surface area contributed by atoms with Crippen LogP contribution in [0.4, 0.5) is 5.69 Å². The summed E-state index contributed by atoms with van der Waals surface area (Å²) in [6.07, 6.45) is 1.58. The lowest BCUT2D eigenvalue weighted by Crippen LogP contribution is -1.94. The van der Waals surface area contributed by atoms with E-state index in [-0.39, 0.29) is 0 Å². The number of nitrogens with zero attached hydrogens (tertiary/aromatic N) is 2. The quantitative estimate of drug-likeness (QED) is 0.794. The molecular weight excluding hydrogens is 218 g/mol. The summed E-state index contributed by atoms with van der Waals surface area (Å²) in [5.41, 5.74) is 7.59. The highest BCUT2D eigenvalue weighted by atomic mass is 16.5. The van der Waals surface area contributed by atoms with Gasteiger partial charge in [-0.05, 0) is 24.1 Å². The molecule has 0 saturated heterocycles. The summed E-state index contributed by atoms with van der Waals surface area (Å²) in [6, 6.07) is 7.78. The number of ether oxygens (including phenoxy) is 1. The Morgan fingerprint density at radius 1 is 1.24 bits per heavy atom.